The summed E-state index contributed by atoms with van der Waals surface area (Å²) in [7, 11) is 0. The molecular formula is C62H42N2. The van der Waals surface area contributed by atoms with Crippen LogP contribution in [0.15, 0.2) is 255 Å². The molecule has 300 valence electrons. The van der Waals surface area contributed by atoms with Gasteiger partial charge in [-0.2, -0.15) is 0 Å². The van der Waals surface area contributed by atoms with Crippen LogP contribution in [0.1, 0.15) is 0 Å². The third kappa shape index (κ3) is 6.61. The fraction of sp³-hybridized carbons (Fsp3) is 0. The fourth-order valence-electron chi connectivity index (χ4n) is 9.64. The van der Waals surface area contributed by atoms with Crippen LogP contribution in [0.5, 0.6) is 0 Å². The Labute approximate surface area is 373 Å². The van der Waals surface area contributed by atoms with Crippen molar-refractivity contribution in [3.63, 3.8) is 0 Å². The second-order valence-electron chi connectivity index (χ2n) is 16.5. The smallest absolute Gasteiger partial charge is 0.0546 e. The molecule has 0 atom stereocenters. The lowest BCUT2D eigenvalue weighted by molar-refractivity contribution is 1.30. The van der Waals surface area contributed by atoms with Crippen LogP contribution >= 0.6 is 0 Å². The van der Waals surface area contributed by atoms with Gasteiger partial charge in [-0.1, -0.05) is 182 Å². The molecule has 0 aromatic heterocycles. The van der Waals surface area contributed by atoms with Crippen molar-refractivity contribution in [1.29, 1.82) is 0 Å². The van der Waals surface area contributed by atoms with E-state index in [2.05, 4.69) is 265 Å². The summed E-state index contributed by atoms with van der Waals surface area (Å²) in [5, 5.41) is 12.0. The van der Waals surface area contributed by atoms with Crippen molar-refractivity contribution in [2.45, 2.75) is 0 Å². The number of para-hydroxylation sites is 2. The molecule has 12 aromatic rings. The maximum absolute atomic E-state index is 2.45. The van der Waals surface area contributed by atoms with Crippen molar-refractivity contribution >= 4 is 88.0 Å². The van der Waals surface area contributed by atoms with E-state index in [9.17, 15) is 0 Å². The molecule has 0 bridgehead atoms. The highest BCUT2D eigenvalue weighted by molar-refractivity contribution is 6.25. The monoisotopic (exact) mass is 814 g/mol. The Morgan fingerprint density at radius 3 is 0.953 bits per heavy atom. The maximum Gasteiger partial charge on any atom is 0.0546 e. The highest BCUT2D eigenvalue weighted by Crippen LogP contribution is 2.49. The molecule has 0 aliphatic carbocycles. The van der Waals surface area contributed by atoms with Crippen molar-refractivity contribution < 1.29 is 0 Å². The van der Waals surface area contributed by atoms with Gasteiger partial charge >= 0.3 is 0 Å². The van der Waals surface area contributed by atoms with E-state index in [0.717, 1.165) is 34.1 Å². The van der Waals surface area contributed by atoms with Gasteiger partial charge in [0.2, 0.25) is 0 Å². The Balaban J connectivity index is 1.21. The van der Waals surface area contributed by atoms with Crippen LogP contribution < -0.4 is 9.80 Å². The lowest BCUT2D eigenvalue weighted by Gasteiger charge is -2.30. The Kier molecular flexibility index (Phi) is 9.20. The topological polar surface area (TPSA) is 6.48 Å². The Bertz CT molecular complexity index is 3410. The molecule has 0 aliphatic heterocycles. The average Bonchev–Trinajstić information content (AvgIpc) is 3.37. The minimum Gasteiger partial charge on any atom is -0.310 e. The summed E-state index contributed by atoms with van der Waals surface area (Å²) in [6.45, 7) is 0. The molecule has 0 saturated heterocycles. The SMILES string of the molecule is c1ccc(-c2ccc3c(c2)c(N(c2ccccc2)c2ccc4ccccc4c2)cc2c4ccc(-c5ccccc5)cc4c(N(c4ccccc4)c4ccc5ccccc5c4)cc32)cc1. The van der Waals surface area contributed by atoms with Crippen LogP contribution in [0.2, 0.25) is 0 Å². The lowest BCUT2D eigenvalue weighted by atomic mass is 9.90. The minimum absolute atomic E-state index is 1.10. The standard InChI is InChI=1S/C62H42N2/c1-5-17-43(18-6-1)49-31-35-55-57-42-62(64(52-27-11-4-12-28-52)54-34-30-46-22-14-16-24-48(46)38-54)60-40-50(44-19-7-2-8-20-44)32-36-56(60)58(57)41-61(59(55)39-49)63(51-25-9-3-10-26-51)53-33-29-45-21-13-15-23-47(45)37-53/h1-42H. The third-order valence-electron chi connectivity index (χ3n) is 12.7. The molecule has 0 aliphatic rings. The van der Waals surface area contributed by atoms with Crippen LogP contribution in [-0.4, -0.2) is 0 Å². The van der Waals surface area contributed by atoms with Crippen LogP contribution in [0, 0.1) is 0 Å². The van der Waals surface area contributed by atoms with Crippen LogP contribution in [0.4, 0.5) is 34.1 Å². The quantitative estimate of drug-likeness (QED) is 0.141. The van der Waals surface area contributed by atoms with Gasteiger partial charge in [-0.25, -0.2) is 0 Å². The van der Waals surface area contributed by atoms with Gasteiger partial charge in [0.25, 0.3) is 0 Å². The molecule has 0 fully saturated rings. The van der Waals surface area contributed by atoms with Crippen molar-refractivity contribution in [3.8, 4) is 22.3 Å². The van der Waals surface area contributed by atoms with Gasteiger partial charge in [-0.05, 0) is 138 Å². The fourth-order valence-corrected chi connectivity index (χ4v) is 9.64. The molecule has 2 heteroatoms. The molecule has 2 nitrogen and oxygen atoms in total. The number of rotatable bonds is 8. The predicted octanol–water partition coefficient (Wildman–Crippen LogP) is 17.7. The van der Waals surface area contributed by atoms with Crippen molar-refractivity contribution in [1.82, 2.24) is 0 Å². The van der Waals surface area contributed by atoms with Gasteiger partial charge in [0, 0.05) is 33.5 Å². The van der Waals surface area contributed by atoms with E-state index in [1.807, 2.05) is 0 Å². The molecule has 12 aromatic carbocycles. The number of nitrogens with zero attached hydrogens (tertiary/aromatic N) is 2. The third-order valence-corrected chi connectivity index (χ3v) is 12.7. The summed E-state index contributed by atoms with van der Waals surface area (Å²) >= 11 is 0. The average molecular weight is 815 g/mol. The highest BCUT2D eigenvalue weighted by Gasteiger charge is 2.23. The Hall–Kier alpha value is -8.46. The largest absolute Gasteiger partial charge is 0.310 e. The first-order valence-corrected chi connectivity index (χ1v) is 22.0. The number of hydrogen-bond acceptors (Lipinski definition) is 2. The zero-order valence-corrected chi connectivity index (χ0v) is 35.1. The molecular weight excluding hydrogens is 773 g/mol. The molecule has 0 unspecified atom stereocenters. The molecule has 0 radical (unpaired) electrons. The molecule has 64 heavy (non-hydrogen) atoms. The van der Waals surface area contributed by atoms with E-state index in [1.54, 1.807) is 0 Å². The minimum atomic E-state index is 1.10. The summed E-state index contributed by atoms with van der Waals surface area (Å²) in [6.07, 6.45) is 0. The van der Waals surface area contributed by atoms with Crippen LogP contribution in [0.25, 0.3) is 76.1 Å². The second kappa shape index (κ2) is 15.8. The predicted molar refractivity (Wildman–Crippen MR) is 274 cm³/mol. The first kappa shape index (κ1) is 37.3. The zero-order chi connectivity index (χ0) is 42.4. The molecule has 12 rings (SSSR count). The van der Waals surface area contributed by atoms with Gasteiger partial charge in [-0.15, -0.1) is 0 Å². The first-order valence-electron chi connectivity index (χ1n) is 22.0. The molecule has 0 amide bonds. The Morgan fingerprint density at radius 1 is 0.188 bits per heavy atom. The summed E-state index contributed by atoms with van der Waals surface area (Å²) in [5.41, 5.74) is 11.4. The van der Waals surface area contributed by atoms with E-state index in [0.29, 0.717) is 0 Å². The summed E-state index contributed by atoms with van der Waals surface area (Å²) in [4.78, 5) is 4.90. The second-order valence-corrected chi connectivity index (χ2v) is 16.5. The van der Waals surface area contributed by atoms with Crippen LogP contribution in [-0.2, 0) is 0 Å². The van der Waals surface area contributed by atoms with Gasteiger partial charge in [0.1, 0.15) is 0 Å². The van der Waals surface area contributed by atoms with E-state index >= 15 is 0 Å². The Morgan fingerprint density at radius 2 is 0.547 bits per heavy atom. The number of anilines is 6. The van der Waals surface area contributed by atoms with Crippen molar-refractivity contribution in [2.75, 3.05) is 9.80 Å². The molecule has 0 heterocycles. The number of benzene rings is 12. The van der Waals surface area contributed by atoms with Gasteiger partial charge < -0.3 is 9.80 Å². The van der Waals surface area contributed by atoms with Crippen molar-refractivity contribution in [3.05, 3.63) is 255 Å². The zero-order valence-electron chi connectivity index (χ0n) is 35.1. The molecule has 0 spiro atoms. The summed E-state index contributed by atoms with van der Waals surface area (Å²) in [6, 6.07) is 93.1. The van der Waals surface area contributed by atoms with E-state index in [-0.39, 0.29) is 0 Å². The normalized spacial score (nSPS) is 11.4. The van der Waals surface area contributed by atoms with Gasteiger partial charge in [0.05, 0.1) is 11.4 Å². The van der Waals surface area contributed by atoms with E-state index in [1.165, 1.54) is 76.1 Å². The first-order chi connectivity index (χ1) is 31.7. The summed E-state index contributed by atoms with van der Waals surface area (Å²) in [5.74, 6) is 0. The maximum atomic E-state index is 2.45. The summed E-state index contributed by atoms with van der Waals surface area (Å²) < 4.78 is 0. The van der Waals surface area contributed by atoms with E-state index in [4.69, 9.17) is 0 Å². The molecule has 0 saturated carbocycles. The number of hydrogen-bond donors (Lipinski definition) is 0. The van der Waals surface area contributed by atoms with Gasteiger partial charge in [0.15, 0.2) is 0 Å². The highest BCUT2D eigenvalue weighted by atomic mass is 15.2. The molecule has 0 N–H and O–H groups in total. The lowest BCUT2D eigenvalue weighted by Crippen LogP contribution is -2.12. The van der Waals surface area contributed by atoms with Crippen LogP contribution in [0.3, 0.4) is 0 Å². The van der Waals surface area contributed by atoms with E-state index < -0.39 is 0 Å². The van der Waals surface area contributed by atoms with Gasteiger partial charge in [-0.3, -0.25) is 0 Å². The number of fused-ring (bicyclic) bond motifs is 7. The van der Waals surface area contributed by atoms with Crippen molar-refractivity contribution in [2.24, 2.45) is 0 Å².